The molecule has 21 heavy (non-hydrogen) atoms. The molecule has 4 nitrogen and oxygen atoms in total. The third-order valence-corrected chi connectivity index (χ3v) is 3.44. The van der Waals surface area contributed by atoms with Crippen molar-refractivity contribution in [2.45, 2.75) is 26.8 Å². The number of halogens is 2. The first kappa shape index (κ1) is 17.5. The van der Waals surface area contributed by atoms with Crippen molar-refractivity contribution in [2.24, 2.45) is 5.92 Å². The first-order valence-corrected chi connectivity index (χ1v) is 6.59. The SMILES string of the molecule is Cc1nc2ccc(C(C(C)C)n3ccnc3)cc2[nH]1.Cl.Cl. The smallest absolute Gasteiger partial charge is 0.104 e. The van der Waals surface area contributed by atoms with E-state index in [1.807, 2.05) is 25.6 Å². The van der Waals surface area contributed by atoms with E-state index in [1.54, 1.807) is 0 Å². The van der Waals surface area contributed by atoms with Crippen molar-refractivity contribution in [3.05, 3.63) is 48.3 Å². The summed E-state index contributed by atoms with van der Waals surface area (Å²) < 4.78 is 2.16. The lowest BCUT2D eigenvalue weighted by molar-refractivity contribution is 0.437. The Morgan fingerprint density at radius 1 is 1.19 bits per heavy atom. The fourth-order valence-electron chi connectivity index (χ4n) is 2.67. The van der Waals surface area contributed by atoms with Crippen LogP contribution in [0.1, 0.15) is 31.3 Å². The van der Waals surface area contributed by atoms with Crippen LogP contribution in [-0.4, -0.2) is 19.5 Å². The van der Waals surface area contributed by atoms with Crippen LogP contribution in [0.5, 0.6) is 0 Å². The number of H-pyrrole nitrogens is 1. The van der Waals surface area contributed by atoms with Crippen LogP contribution in [0.4, 0.5) is 0 Å². The quantitative estimate of drug-likeness (QED) is 0.785. The Morgan fingerprint density at radius 3 is 2.57 bits per heavy atom. The number of hydrogen-bond acceptors (Lipinski definition) is 2. The molecule has 6 heteroatoms. The van der Waals surface area contributed by atoms with Gasteiger partial charge in [0, 0.05) is 12.4 Å². The molecule has 0 spiro atoms. The summed E-state index contributed by atoms with van der Waals surface area (Å²) in [6.07, 6.45) is 5.73. The molecule has 2 aromatic heterocycles. The molecule has 0 amide bonds. The minimum absolute atomic E-state index is 0. The summed E-state index contributed by atoms with van der Waals surface area (Å²) in [4.78, 5) is 11.9. The average Bonchev–Trinajstić information content (AvgIpc) is 2.96. The van der Waals surface area contributed by atoms with Crippen molar-refractivity contribution in [1.82, 2.24) is 19.5 Å². The second-order valence-electron chi connectivity index (χ2n) is 5.30. The summed E-state index contributed by atoms with van der Waals surface area (Å²) in [7, 11) is 0. The summed E-state index contributed by atoms with van der Waals surface area (Å²) in [5, 5.41) is 0. The Labute approximate surface area is 136 Å². The van der Waals surface area contributed by atoms with E-state index in [9.17, 15) is 0 Å². The van der Waals surface area contributed by atoms with Gasteiger partial charge in [0.25, 0.3) is 0 Å². The number of imidazole rings is 2. The first-order chi connectivity index (χ1) is 9.15. The molecule has 1 unspecified atom stereocenters. The van der Waals surface area contributed by atoms with Crippen LogP contribution >= 0.6 is 24.8 Å². The molecule has 0 fully saturated rings. The largest absolute Gasteiger partial charge is 0.342 e. The highest BCUT2D eigenvalue weighted by atomic mass is 35.5. The summed E-state index contributed by atoms with van der Waals surface area (Å²) in [5.41, 5.74) is 3.40. The maximum Gasteiger partial charge on any atom is 0.104 e. The molecule has 3 rings (SSSR count). The lowest BCUT2D eigenvalue weighted by Gasteiger charge is -2.22. The highest BCUT2D eigenvalue weighted by molar-refractivity contribution is 5.85. The molecule has 2 heterocycles. The maximum atomic E-state index is 4.45. The highest BCUT2D eigenvalue weighted by Gasteiger charge is 2.18. The Kier molecular flexibility index (Phi) is 5.81. The lowest BCUT2D eigenvalue weighted by Crippen LogP contribution is -2.15. The van der Waals surface area contributed by atoms with Gasteiger partial charge >= 0.3 is 0 Å². The Balaban J connectivity index is 0.00000110. The number of aryl methyl sites for hydroxylation is 1. The first-order valence-electron chi connectivity index (χ1n) is 6.59. The summed E-state index contributed by atoms with van der Waals surface area (Å²) >= 11 is 0. The van der Waals surface area contributed by atoms with Crippen LogP contribution in [0.2, 0.25) is 0 Å². The zero-order valence-corrected chi connectivity index (χ0v) is 13.9. The van der Waals surface area contributed by atoms with Crippen LogP contribution < -0.4 is 0 Å². The van der Waals surface area contributed by atoms with Gasteiger partial charge in [0.2, 0.25) is 0 Å². The van der Waals surface area contributed by atoms with E-state index < -0.39 is 0 Å². The summed E-state index contributed by atoms with van der Waals surface area (Å²) in [5.74, 6) is 1.45. The molecule has 0 saturated heterocycles. The van der Waals surface area contributed by atoms with E-state index in [0.717, 1.165) is 16.9 Å². The fourth-order valence-corrected chi connectivity index (χ4v) is 2.67. The molecule has 0 saturated carbocycles. The van der Waals surface area contributed by atoms with Gasteiger partial charge in [-0.15, -0.1) is 24.8 Å². The number of benzene rings is 1. The van der Waals surface area contributed by atoms with E-state index in [-0.39, 0.29) is 24.8 Å². The number of hydrogen-bond donors (Lipinski definition) is 1. The zero-order chi connectivity index (χ0) is 13.4. The van der Waals surface area contributed by atoms with Crippen molar-refractivity contribution in [3.63, 3.8) is 0 Å². The van der Waals surface area contributed by atoms with Gasteiger partial charge in [-0.2, -0.15) is 0 Å². The van der Waals surface area contributed by atoms with Crippen molar-refractivity contribution in [1.29, 1.82) is 0 Å². The fraction of sp³-hybridized carbons (Fsp3) is 0.333. The van der Waals surface area contributed by atoms with Crippen LogP contribution in [0.25, 0.3) is 11.0 Å². The Hall–Kier alpha value is -1.52. The summed E-state index contributed by atoms with van der Waals surface area (Å²) in [6.45, 7) is 6.44. The number of nitrogens with one attached hydrogen (secondary N) is 1. The normalized spacial score (nSPS) is 12.0. The monoisotopic (exact) mass is 326 g/mol. The molecular formula is C15H20Cl2N4. The molecule has 0 aliphatic carbocycles. The molecule has 0 radical (unpaired) electrons. The second kappa shape index (κ2) is 6.96. The molecule has 1 atom stereocenters. The number of nitrogens with zero attached hydrogens (tertiary/aromatic N) is 3. The topological polar surface area (TPSA) is 46.5 Å². The number of rotatable bonds is 3. The minimum atomic E-state index is 0. The van der Waals surface area contributed by atoms with E-state index in [2.05, 4.69) is 51.6 Å². The van der Waals surface area contributed by atoms with Gasteiger partial charge in [-0.3, -0.25) is 0 Å². The number of aromatic nitrogens is 4. The maximum absolute atomic E-state index is 4.45. The average molecular weight is 327 g/mol. The standard InChI is InChI=1S/C15H18N4.2ClH/c1-10(2)15(19-7-6-16-9-19)12-4-5-13-14(8-12)18-11(3)17-13;;/h4-10,15H,1-3H3,(H,17,18);2*1H. The van der Waals surface area contributed by atoms with Gasteiger partial charge in [-0.25, -0.2) is 9.97 Å². The van der Waals surface area contributed by atoms with E-state index in [0.29, 0.717) is 12.0 Å². The number of fused-ring (bicyclic) bond motifs is 1. The lowest BCUT2D eigenvalue weighted by atomic mass is 9.95. The third kappa shape index (κ3) is 3.39. The molecule has 1 N–H and O–H groups in total. The Bertz CT molecular complexity index is 689. The zero-order valence-electron chi connectivity index (χ0n) is 12.3. The van der Waals surface area contributed by atoms with Crippen molar-refractivity contribution >= 4 is 35.8 Å². The molecule has 114 valence electrons. The Morgan fingerprint density at radius 2 is 1.95 bits per heavy atom. The van der Waals surface area contributed by atoms with Gasteiger partial charge in [0.05, 0.1) is 23.4 Å². The molecular weight excluding hydrogens is 307 g/mol. The molecule has 0 aliphatic rings. The van der Waals surface area contributed by atoms with E-state index in [4.69, 9.17) is 0 Å². The minimum Gasteiger partial charge on any atom is -0.342 e. The van der Waals surface area contributed by atoms with Crippen molar-refractivity contribution in [3.8, 4) is 0 Å². The van der Waals surface area contributed by atoms with Gasteiger partial charge < -0.3 is 9.55 Å². The van der Waals surface area contributed by atoms with Crippen molar-refractivity contribution < 1.29 is 0 Å². The molecule has 0 aliphatic heterocycles. The highest BCUT2D eigenvalue weighted by Crippen LogP contribution is 2.28. The second-order valence-corrected chi connectivity index (χ2v) is 5.30. The van der Waals surface area contributed by atoms with Gasteiger partial charge in [-0.1, -0.05) is 19.9 Å². The molecule has 0 bridgehead atoms. The van der Waals surface area contributed by atoms with E-state index in [1.165, 1.54) is 5.56 Å². The molecule has 1 aromatic carbocycles. The number of aromatic amines is 1. The van der Waals surface area contributed by atoms with Crippen LogP contribution in [0.15, 0.2) is 36.9 Å². The third-order valence-electron chi connectivity index (χ3n) is 3.44. The van der Waals surface area contributed by atoms with Crippen LogP contribution in [0, 0.1) is 12.8 Å². The van der Waals surface area contributed by atoms with Gasteiger partial charge in [0.15, 0.2) is 0 Å². The predicted octanol–water partition coefficient (Wildman–Crippen LogP) is 4.16. The van der Waals surface area contributed by atoms with Crippen LogP contribution in [0.3, 0.4) is 0 Å². The van der Waals surface area contributed by atoms with Gasteiger partial charge in [0.1, 0.15) is 5.82 Å². The van der Waals surface area contributed by atoms with E-state index >= 15 is 0 Å². The van der Waals surface area contributed by atoms with Crippen molar-refractivity contribution in [2.75, 3.05) is 0 Å². The van der Waals surface area contributed by atoms with Crippen LogP contribution in [-0.2, 0) is 0 Å². The predicted molar refractivity (Wildman–Crippen MR) is 90.5 cm³/mol. The summed E-state index contributed by atoms with van der Waals surface area (Å²) in [6, 6.07) is 6.74. The molecule has 3 aromatic rings. The van der Waals surface area contributed by atoms with Gasteiger partial charge in [-0.05, 0) is 30.5 Å².